The second kappa shape index (κ2) is 12.2. The SMILES string of the molecule is CC(C)(C)OC(=O)NC(Cc1ccccc1)C(=O)N=C1SC2CS(=O)(=O)CC2N1c1ccc(Oc2ccccc2)cc1. The molecule has 42 heavy (non-hydrogen) atoms. The number of aliphatic imine (C=N–C) groups is 1. The van der Waals surface area contributed by atoms with E-state index in [2.05, 4.69) is 10.3 Å². The maximum Gasteiger partial charge on any atom is 0.408 e. The number of hydrogen-bond donors (Lipinski definition) is 1. The van der Waals surface area contributed by atoms with Crippen molar-refractivity contribution in [2.75, 3.05) is 16.4 Å². The van der Waals surface area contributed by atoms with E-state index in [0.29, 0.717) is 22.4 Å². The molecule has 0 bridgehead atoms. The highest BCUT2D eigenvalue weighted by atomic mass is 32.2. The van der Waals surface area contributed by atoms with Crippen LogP contribution < -0.4 is 15.0 Å². The van der Waals surface area contributed by atoms with Crippen molar-refractivity contribution < 1.29 is 27.5 Å². The Hall–Kier alpha value is -3.83. The van der Waals surface area contributed by atoms with Crippen LogP contribution in [0.25, 0.3) is 0 Å². The van der Waals surface area contributed by atoms with Crippen molar-refractivity contribution in [1.82, 2.24) is 5.32 Å². The van der Waals surface area contributed by atoms with Crippen molar-refractivity contribution in [2.45, 2.75) is 50.1 Å². The molecule has 2 saturated heterocycles. The number of alkyl carbamates (subject to hydrolysis) is 1. The third kappa shape index (κ3) is 7.51. The van der Waals surface area contributed by atoms with Gasteiger partial charge in [0.1, 0.15) is 23.1 Å². The lowest BCUT2D eigenvalue weighted by atomic mass is 10.1. The Morgan fingerprint density at radius 2 is 1.57 bits per heavy atom. The van der Waals surface area contributed by atoms with Crippen molar-refractivity contribution in [3.63, 3.8) is 0 Å². The molecule has 2 heterocycles. The maximum atomic E-state index is 13.6. The van der Waals surface area contributed by atoms with Crippen LogP contribution in [0, 0.1) is 0 Å². The van der Waals surface area contributed by atoms with Crippen LogP contribution in [-0.2, 0) is 25.8 Å². The summed E-state index contributed by atoms with van der Waals surface area (Å²) in [6, 6.07) is 24.6. The predicted molar refractivity (Wildman–Crippen MR) is 165 cm³/mol. The Labute approximate surface area is 250 Å². The molecule has 3 aromatic rings. The van der Waals surface area contributed by atoms with E-state index in [4.69, 9.17) is 9.47 Å². The van der Waals surface area contributed by atoms with Crippen molar-refractivity contribution in [3.8, 4) is 11.5 Å². The molecule has 3 atom stereocenters. The molecular formula is C31H33N3O6S2. The molecule has 2 aliphatic heterocycles. The fourth-order valence-corrected chi connectivity index (χ4v) is 8.76. The number of fused-ring (bicyclic) bond motifs is 1. The first kappa shape index (κ1) is 29.7. The topological polar surface area (TPSA) is 114 Å². The van der Waals surface area contributed by atoms with E-state index >= 15 is 0 Å². The van der Waals surface area contributed by atoms with Gasteiger partial charge in [-0.1, -0.05) is 60.3 Å². The average molecular weight is 608 g/mol. The van der Waals surface area contributed by atoms with Crippen LogP contribution in [0.15, 0.2) is 89.9 Å². The molecule has 9 nitrogen and oxygen atoms in total. The molecule has 2 fully saturated rings. The van der Waals surface area contributed by atoms with Crippen molar-refractivity contribution in [1.29, 1.82) is 0 Å². The van der Waals surface area contributed by atoms with Gasteiger partial charge in [-0.05, 0) is 62.7 Å². The molecule has 2 amide bonds. The Kier molecular flexibility index (Phi) is 8.60. The molecular weight excluding hydrogens is 574 g/mol. The van der Waals surface area contributed by atoms with Gasteiger partial charge in [-0.2, -0.15) is 4.99 Å². The van der Waals surface area contributed by atoms with E-state index in [1.165, 1.54) is 11.8 Å². The molecule has 0 radical (unpaired) electrons. The van der Waals surface area contributed by atoms with Gasteiger partial charge in [-0.15, -0.1) is 0 Å². The van der Waals surface area contributed by atoms with Crippen LogP contribution in [-0.4, -0.2) is 60.0 Å². The monoisotopic (exact) mass is 607 g/mol. The Morgan fingerprint density at radius 1 is 0.952 bits per heavy atom. The number of benzene rings is 3. The first-order valence-electron chi connectivity index (χ1n) is 13.6. The lowest BCUT2D eigenvalue weighted by Crippen LogP contribution is -2.45. The van der Waals surface area contributed by atoms with E-state index < -0.39 is 33.5 Å². The van der Waals surface area contributed by atoms with Gasteiger partial charge in [0, 0.05) is 17.4 Å². The summed E-state index contributed by atoms with van der Waals surface area (Å²) in [5.41, 5.74) is 0.798. The number of carbonyl (C=O) groups excluding carboxylic acids is 2. The van der Waals surface area contributed by atoms with Crippen LogP contribution in [0.5, 0.6) is 11.5 Å². The Balaban J connectivity index is 1.42. The van der Waals surface area contributed by atoms with Gasteiger partial charge >= 0.3 is 6.09 Å². The quantitative estimate of drug-likeness (QED) is 0.389. The summed E-state index contributed by atoms with van der Waals surface area (Å²) in [7, 11) is -3.24. The third-order valence-corrected chi connectivity index (χ3v) is 9.85. The smallest absolute Gasteiger partial charge is 0.408 e. The number of anilines is 1. The highest BCUT2D eigenvalue weighted by Gasteiger charge is 2.49. The summed E-state index contributed by atoms with van der Waals surface area (Å²) < 4.78 is 36.4. The summed E-state index contributed by atoms with van der Waals surface area (Å²) >= 11 is 1.27. The summed E-state index contributed by atoms with van der Waals surface area (Å²) in [6.45, 7) is 5.24. The van der Waals surface area contributed by atoms with Gasteiger partial charge in [-0.3, -0.25) is 4.79 Å². The fraction of sp³-hybridized carbons (Fsp3) is 0.323. The fourth-order valence-electron chi connectivity index (χ4n) is 4.84. The molecule has 0 saturated carbocycles. The van der Waals surface area contributed by atoms with Gasteiger partial charge in [-0.25, -0.2) is 13.2 Å². The highest BCUT2D eigenvalue weighted by Crippen LogP contribution is 2.41. The largest absolute Gasteiger partial charge is 0.457 e. The minimum atomic E-state index is -3.24. The molecule has 0 aromatic heterocycles. The number of thioether (sulfide) groups is 1. The highest BCUT2D eigenvalue weighted by molar-refractivity contribution is 8.16. The van der Waals surface area contributed by atoms with Gasteiger partial charge in [0.15, 0.2) is 15.0 Å². The van der Waals surface area contributed by atoms with E-state index in [0.717, 1.165) is 5.56 Å². The van der Waals surface area contributed by atoms with Gasteiger partial charge < -0.3 is 19.7 Å². The van der Waals surface area contributed by atoms with Crippen LogP contribution in [0.3, 0.4) is 0 Å². The van der Waals surface area contributed by atoms with E-state index in [1.807, 2.05) is 77.7 Å². The molecule has 0 spiro atoms. The molecule has 2 aliphatic rings. The van der Waals surface area contributed by atoms with Crippen molar-refractivity contribution in [3.05, 3.63) is 90.5 Å². The zero-order valence-corrected chi connectivity index (χ0v) is 25.2. The van der Waals surface area contributed by atoms with Crippen LogP contribution in [0.4, 0.5) is 10.5 Å². The summed E-state index contributed by atoms with van der Waals surface area (Å²) in [6.07, 6.45) is -0.502. The van der Waals surface area contributed by atoms with E-state index in [1.54, 1.807) is 32.9 Å². The number of carbonyl (C=O) groups is 2. The number of nitrogens with zero attached hydrogens (tertiary/aromatic N) is 2. The number of sulfone groups is 1. The lowest BCUT2D eigenvalue weighted by molar-refractivity contribution is -0.119. The molecule has 3 aromatic carbocycles. The minimum absolute atomic E-state index is 0.00481. The van der Waals surface area contributed by atoms with Crippen molar-refractivity contribution in [2.24, 2.45) is 4.99 Å². The molecule has 3 unspecified atom stereocenters. The Bertz CT molecular complexity index is 1560. The average Bonchev–Trinajstić information content (AvgIpc) is 3.39. The molecule has 1 N–H and O–H groups in total. The van der Waals surface area contributed by atoms with Crippen LogP contribution in [0.2, 0.25) is 0 Å². The summed E-state index contributed by atoms with van der Waals surface area (Å²) in [5, 5.41) is 2.81. The van der Waals surface area contributed by atoms with Crippen LogP contribution in [0.1, 0.15) is 26.3 Å². The predicted octanol–water partition coefficient (Wildman–Crippen LogP) is 5.22. The number of nitrogens with one attached hydrogen (secondary N) is 1. The second-order valence-electron chi connectivity index (χ2n) is 11.2. The molecule has 220 valence electrons. The third-order valence-electron chi connectivity index (χ3n) is 6.64. The molecule has 0 aliphatic carbocycles. The van der Waals surface area contributed by atoms with Gasteiger partial charge in [0.2, 0.25) is 0 Å². The van der Waals surface area contributed by atoms with E-state index in [9.17, 15) is 18.0 Å². The maximum absolute atomic E-state index is 13.6. The van der Waals surface area contributed by atoms with Gasteiger partial charge in [0.25, 0.3) is 5.91 Å². The molecule has 5 rings (SSSR count). The summed E-state index contributed by atoms with van der Waals surface area (Å²) in [5.74, 6) is 0.725. The van der Waals surface area contributed by atoms with E-state index in [-0.39, 0.29) is 29.2 Å². The zero-order chi connectivity index (χ0) is 29.9. The lowest BCUT2D eigenvalue weighted by Gasteiger charge is -2.25. The zero-order valence-electron chi connectivity index (χ0n) is 23.6. The number of hydrogen-bond acceptors (Lipinski definition) is 7. The number of rotatable bonds is 7. The van der Waals surface area contributed by atoms with Crippen LogP contribution >= 0.6 is 11.8 Å². The molecule has 11 heteroatoms. The first-order chi connectivity index (χ1) is 20.0. The number of amides is 2. The summed E-state index contributed by atoms with van der Waals surface area (Å²) in [4.78, 5) is 32.6. The minimum Gasteiger partial charge on any atom is -0.457 e. The number of para-hydroxylation sites is 1. The standard InChI is InChI=1S/C31H33N3O6S2/c1-31(2,3)40-30(36)32-25(18-21-10-6-4-7-11-21)28(35)33-29-34(26-19-42(37,38)20-27(26)41-29)22-14-16-24(17-15-22)39-23-12-8-5-9-13-23/h4-17,25-27H,18-20H2,1-3H3,(H,32,36). The Morgan fingerprint density at radius 3 is 2.21 bits per heavy atom. The normalized spacial score (nSPS) is 21.0. The second-order valence-corrected chi connectivity index (χ2v) is 14.6. The number of ether oxygens (including phenoxy) is 2. The van der Waals surface area contributed by atoms with Crippen molar-refractivity contribution >= 4 is 44.5 Å². The first-order valence-corrected chi connectivity index (χ1v) is 16.3. The number of amidine groups is 1. The van der Waals surface area contributed by atoms with Gasteiger partial charge in [0.05, 0.1) is 17.5 Å².